The first-order chi connectivity index (χ1) is 11.4. The lowest BCUT2D eigenvalue weighted by Gasteiger charge is -2.20. The number of esters is 1. The lowest BCUT2D eigenvalue weighted by molar-refractivity contribution is -0.141. The van der Waals surface area contributed by atoms with E-state index < -0.39 is 17.8 Å². The number of carbonyl (C=O) groups excluding carboxylic acids is 2. The van der Waals surface area contributed by atoms with Crippen molar-refractivity contribution in [3.05, 3.63) is 59.4 Å². The van der Waals surface area contributed by atoms with Crippen molar-refractivity contribution in [2.45, 2.75) is 19.9 Å². The Morgan fingerprint density at radius 2 is 1.88 bits per heavy atom. The van der Waals surface area contributed by atoms with E-state index in [1.54, 1.807) is 0 Å². The number of halogens is 1. The lowest BCUT2D eigenvalue weighted by atomic mass is 10.0. The van der Waals surface area contributed by atoms with Crippen molar-refractivity contribution in [1.29, 1.82) is 0 Å². The maximum Gasteiger partial charge on any atom is 0.332 e. The smallest absolute Gasteiger partial charge is 0.332 e. The number of rotatable bonds is 5. The first-order valence-electron chi connectivity index (χ1n) is 7.39. The molecule has 24 heavy (non-hydrogen) atoms. The van der Waals surface area contributed by atoms with Crippen LogP contribution in [0.4, 0.5) is 15.8 Å². The van der Waals surface area contributed by atoms with E-state index in [2.05, 4.69) is 10.6 Å². The van der Waals surface area contributed by atoms with Gasteiger partial charge in [0.1, 0.15) is 5.82 Å². The summed E-state index contributed by atoms with van der Waals surface area (Å²) in [5.41, 5.74) is 2.21. The van der Waals surface area contributed by atoms with Gasteiger partial charge in [-0.05, 0) is 36.2 Å². The maximum atomic E-state index is 13.7. The zero-order valence-electron chi connectivity index (χ0n) is 13.7. The Bertz CT molecular complexity index is 762. The van der Waals surface area contributed by atoms with E-state index in [9.17, 15) is 14.0 Å². The topological polar surface area (TPSA) is 67.4 Å². The highest BCUT2D eigenvalue weighted by atomic mass is 19.1. The van der Waals surface area contributed by atoms with Gasteiger partial charge in [-0.25, -0.2) is 9.18 Å². The minimum absolute atomic E-state index is 0.0425. The molecule has 0 aliphatic rings. The van der Waals surface area contributed by atoms with Crippen molar-refractivity contribution in [1.82, 2.24) is 0 Å². The monoisotopic (exact) mass is 330 g/mol. The van der Waals surface area contributed by atoms with Gasteiger partial charge in [0.2, 0.25) is 5.91 Å². The number of hydrogen-bond donors (Lipinski definition) is 2. The number of carbonyl (C=O) groups is 2. The lowest BCUT2D eigenvalue weighted by Crippen LogP contribution is -2.23. The summed E-state index contributed by atoms with van der Waals surface area (Å²) >= 11 is 0. The molecule has 2 N–H and O–H groups in total. The molecule has 0 fully saturated rings. The van der Waals surface area contributed by atoms with Crippen molar-refractivity contribution >= 4 is 23.3 Å². The summed E-state index contributed by atoms with van der Waals surface area (Å²) in [7, 11) is 1.31. The second kappa shape index (κ2) is 7.59. The number of methoxy groups -OCH3 is 1. The molecular formula is C18H19FN2O3. The molecule has 6 heteroatoms. The van der Waals surface area contributed by atoms with Crippen molar-refractivity contribution in [3.8, 4) is 0 Å². The third-order valence-electron chi connectivity index (χ3n) is 3.52. The van der Waals surface area contributed by atoms with E-state index in [1.165, 1.54) is 32.2 Å². The number of ether oxygens (including phenoxy) is 1. The molecule has 0 heterocycles. The Kier molecular flexibility index (Phi) is 5.52. The molecule has 2 rings (SSSR count). The number of aryl methyl sites for hydroxylation is 1. The first kappa shape index (κ1) is 17.5. The molecule has 0 saturated carbocycles. The first-order valence-corrected chi connectivity index (χ1v) is 7.39. The summed E-state index contributed by atoms with van der Waals surface area (Å²) in [5, 5.41) is 5.45. The number of benzene rings is 2. The van der Waals surface area contributed by atoms with Gasteiger partial charge in [0.15, 0.2) is 6.04 Å². The quantitative estimate of drug-likeness (QED) is 0.824. The third kappa shape index (κ3) is 4.10. The van der Waals surface area contributed by atoms with E-state index in [1.807, 2.05) is 31.2 Å². The summed E-state index contributed by atoms with van der Waals surface area (Å²) in [5.74, 6) is -1.40. The van der Waals surface area contributed by atoms with E-state index in [0.29, 0.717) is 5.69 Å². The molecule has 126 valence electrons. The molecule has 1 atom stereocenters. The highest BCUT2D eigenvalue weighted by Gasteiger charge is 2.23. The van der Waals surface area contributed by atoms with Crippen LogP contribution >= 0.6 is 0 Å². The highest BCUT2D eigenvalue weighted by Crippen LogP contribution is 2.26. The fraction of sp³-hybridized carbons (Fsp3) is 0.222. The second-order valence-corrected chi connectivity index (χ2v) is 5.33. The second-order valence-electron chi connectivity index (χ2n) is 5.33. The Labute approximate surface area is 139 Å². The Morgan fingerprint density at radius 3 is 2.50 bits per heavy atom. The molecule has 0 spiro atoms. The standard InChI is InChI=1S/C18H19FN2O3/c1-11-6-4-5-7-14(11)17(18(23)24-3)21-13-8-9-15(19)16(10-13)20-12(2)22/h4-10,17,21H,1-3H3,(H,20,22)/t17-/m1/s1. The fourth-order valence-electron chi connectivity index (χ4n) is 2.36. The zero-order valence-corrected chi connectivity index (χ0v) is 13.7. The SMILES string of the molecule is COC(=O)[C@H](Nc1ccc(F)c(NC(C)=O)c1)c1ccccc1C. The van der Waals surface area contributed by atoms with Crippen molar-refractivity contribution in [2.75, 3.05) is 17.7 Å². The van der Waals surface area contributed by atoms with Crippen LogP contribution in [0.2, 0.25) is 0 Å². The van der Waals surface area contributed by atoms with Crippen LogP contribution in [0.5, 0.6) is 0 Å². The number of anilines is 2. The molecule has 1 amide bonds. The van der Waals surface area contributed by atoms with Gasteiger partial charge in [0.25, 0.3) is 0 Å². The maximum absolute atomic E-state index is 13.7. The van der Waals surface area contributed by atoms with Gasteiger partial charge >= 0.3 is 5.97 Å². The minimum atomic E-state index is -0.744. The number of hydrogen-bond acceptors (Lipinski definition) is 4. The molecular weight excluding hydrogens is 311 g/mol. The van der Waals surface area contributed by atoms with Crippen LogP contribution in [-0.4, -0.2) is 19.0 Å². The highest BCUT2D eigenvalue weighted by molar-refractivity contribution is 5.89. The predicted octanol–water partition coefficient (Wildman–Crippen LogP) is 3.42. The van der Waals surface area contributed by atoms with E-state index >= 15 is 0 Å². The van der Waals surface area contributed by atoms with Gasteiger partial charge in [0, 0.05) is 12.6 Å². The molecule has 0 aliphatic carbocycles. The van der Waals surface area contributed by atoms with Crippen LogP contribution in [0.1, 0.15) is 24.1 Å². The molecule has 0 bridgehead atoms. The van der Waals surface area contributed by atoms with Crippen molar-refractivity contribution in [2.24, 2.45) is 0 Å². The Hall–Kier alpha value is -2.89. The minimum Gasteiger partial charge on any atom is -0.467 e. The Balaban J connectivity index is 2.35. The fourth-order valence-corrected chi connectivity index (χ4v) is 2.36. The van der Waals surface area contributed by atoms with Crippen LogP contribution in [0.25, 0.3) is 0 Å². The van der Waals surface area contributed by atoms with Gasteiger partial charge in [-0.1, -0.05) is 24.3 Å². The molecule has 2 aromatic carbocycles. The molecule has 5 nitrogen and oxygen atoms in total. The van der Waals surface area contributed by atoms with Gasteiger partial charge in [-0.3, -0.25) is 4.79 Å². The van der Waals surface area contributed by atoms with Crippen LogP contribution in [0.3, 0.4) is 0 Å². The van der Waals surface area contributed by atoms with Crippen LogP contribution in [0.15, 0.2) is 42.5 Å². The van der Waals surface area contributed by atoms with Crippen LogP contribution in [-0.2, 0) is 14.3 Å². The molecule has 0 saturated heterocycles. The van der Waals surface area contributed by atoms with Gasteiger partial charge in [-0.15, -0.1) is 0 Å². The number of amides is 1. The summed E-state index contributed by atoms with van der Waals surface area (Å²) in [4.78, 5) is 23.3. The van der Waals surface area contributed by atoms with Crippen LogP contribution in [0, 0.1) is 12.7 Å². The summed E-state index contributed by atoms with van der Waals surface area (Å²) in [6.07, 6.45) is 0. The molecule has 0 aromatic heterocycles. The molecule has 0 radical (unpaired) electrons. The largest absolute Gasteiger partial charge is 0.467 e. The third-order valence-corrected chi connectivity index (χ3v) is 3.52. The Morgan fingerprint density at radius 1 is 1.17 bits per heavy atom. The van der Waals surface area contributed by atoms with E-state index in [4.69, 9.17) is 4.74 Å². The average Bonchev–Trinajstić information content (AvgIpc) is 2.55. The zero-order chi connectivity index (χ0) is 17.7. The van der Waals surface area contributed by atoms with E-state index in [0.717, 1.165) is 11.1 Å². The molecule has 0 unspecified atom stereocenters. The molecule has 2 aromatic rings. The van der Waals surface area contributed by atoms with E-state index in [-0.39, 0.29) is 11.6 Å². The summed E-state index contributed by atoms with van der Waals surface area (Å²) in [6, 6.07) is 10.8. The summed E-state index contributed by atoms with van der Waals surface area (Å²) in [6.45, 7) is 3.18. The summed E-state index contributed by atoms with van der Waals surface area (Å²) < 4.78 is 18.6. The van der Waals surface area contributed by atoms with Crippen molar-refractivity contribution < 1.29 is 18.7 Å². The average molecular weight is 330 g/mol. The normalized spacial score (nSPS) is 11.5. The predicted molar refractivity (Wildman–Crippen MR) is 90.3 cm³/mol. The van der Waals surface area contributed by atoms with Gasteiger partial charge in [-0.2, -0.15) is 0 Å². The molecule has 0 aliphatic heterocycles. The van der Waals surface area contributed by atoms with Crippen molar-refractivity contribution in [3.63, 3.8) is 0 Å². The van der Waals surface area contributed by atoms with Gasteiger partial charge in [0.05, 0.1) is 12.8 Å². The van der Waals surface area contributed by atoms with Gasteiger partial charge < -0.3 is 15.4 Å². The van der Waals surface area contributed by atoms with Crippen LogP contribution < -0.4 is 10.6 Å². The number of nitrogens with one attached hydrogen (secondary N) is 2.